The first-order valence-corrected chi connectivity index (χ1v) is 9.30. The standard InChI is InChI=1S/C17H11ClF3N3O2S/c18-12-6-7-15(14(8-12)17(19,20)21)27(25,26)24-13-9-22-16(23-10-13)11-4-2-1-3-5-11/h1-10,24H. The van der Waals surface area contributed by atoms with Gasteiger partial charge in [-0.25, -0.2) is 18.4 Å². The lowest BCUT2D eigenvalue weighted by molar-refractivity contribution is -0.139. The average molecular weight is 414 g/mol. The molecule has 1 aromatic heterocycles. The fourth-order valence-electron chi connectivity index (χ4n) is 2.29. The molecular formula is C17H11ClF3N3O2S. The molecular weight excluding hydrogens is 403 g/mol. The first-order valence-electron chi connectivity index (χ1n) is 7.44. The molecule has 0 saturated carbocycles. The summed E-state index contributed by atoms with van der Waals surface area (Å²) < 4.78 is 66.4. The van der Waals surface area contributed by atoms with Crippen LogP contribution in [0.5, 0.6) is 0 Å². The van der Waals surface area contributed by atoms with Crippen LogP contribution in [0, 0.1) is 0 Å². The Hall–Kier alpha value is -2.65. The van der Waals surface area contributed by atoms with E-state index in [0.717, 1.165) is 12.1 Å². The third-order valence-electron chi connectivity index (χ3n) is 3.47. The Balaban J connectivity index is 1.92. The van der Waals surface area contributed by atoms with Crippen molar-refractivity contribution in [2.75, 3.05) is 4.72 Å². The predicted octanol–water partition coefficient (Wildman–Crippen LogP) is 4.62. The molecule has 0 radical (unpaired) electrons. The van der Waals surface area contributed by atoms with E-state index in [1.807, 2.05) is 10.8 Å². The molecule has 0 atom stereocenters. The Bertz CT molecular complexity index is 1060. The summed E-state index contributed by atoms with van der Waals surface area (Å²) in [4.78, 5) is 7.12. The van der Waals surface area contributed by atoms with Crippen molar-refractivity contribution in [1.29, 1.82) is 0 Å². The average Bonchev–Trinajstić information content (AvgIpc) is 2.62. The SMILES string of the molecule is O=S(=O)(Nc1cnc(-c2ccccc2)nc1)c1ccc(Cl)cc1C(F)(F)F. The largest absolute Gasteiger partial charge is 0.417 e. The zero-order valence-electron chi connectivity index (χ0n) is 13.4. The zero-order valence-corrected chi connectivity index (χ0v) is 15.0. The van der Waals surface area contributed by atoms with E-state index in [1.165, 1.54) is 12.4 Å². The first kappa shape index (κ1) is 19.1. The van der Waals surface area contributed by atoms with Gasteiger partial charge < -0.3 is 0 Å². The maximum absolute atomic E-state index is 13.2. The van der Waals surface area contributed by atoms with Crippen molar-refractivity contribution in [1.82, 2.24) is 9.97 Å². The lowest BCUT2D eigenvalue weighted by Gasteiger charge is -2.14. The second-order valence-corrected chi connectivity index (χ2v) is 7.49. The van der Waals surface area contributed by atoms with Crippen LogP contribution in [0.1, 0.15) is 5.56 Å². The normalized spacial score (nSPS) is 12.0. The highest BCUT2D eigenvalue weighted by atomic mass is 35.5. The molecule has 0 bridgehead atoms. The first-order chi connectivity index (χ1) is 12.7. The fourth-order valence-corrected chi connectivity index (χ4v) is 3.69. The number of halogens is 4. The van der Waals surface area contributed by atoms with Gasteiger partial charge in [0.25, 0.3) is 10.0 Å². The van der Waals surface area contributed by atoms with E-state index >= 15 is 0 Å². The van der Waals surface area contributed by atoms with Gasteiger partial charge in [0.2, 0.25) is 0 Å². The van der Waals surface area contributed by atoms with Gasteiger partial charge in [-0.1, -0.05) is 41.9 Å². The smallest absolute Gasteiger partial charge is 0.276 e. The summed E-state index contributed by atoms with van der Waals surface area (Å²) in [5.41, 5.74) is -0.717. The van der Waals surface area contributed by atoms with Crippen LogP contribution in [-0.2, 0) is 16.2 Å². The maximum atomic E-state index is 13.2. The maximum Gasteiger partial charge on any atom is 0.417 e. The van der Waals surface area contributed by atoms with Gasteiger partial charge in [-0.2, -0.15) is 13.2 Å². The van der Waals surface area contributed by atoms with Crippen molar-refractivity contribution in [3.05, 3.63) is 71.5 Å². The number of hydrogen-bond acceptors (Lipinski definition) is 4. The molecule has 0 saturated heterocycles. The second kappa shape index (κ2) is 7.16. The molecule has 140 valence electrons. The molecule has 0 spiro atoms. The third-order valence-corrected chi connectivity index (χ3v) is 5.15. The van der Waals surface area contributed by atoms with Crippen molar-refractivity contribution < 1.29 is 21.6 Å². The monoisotopic (exact) mass is 413 g/mol. The van der Waals surface area contributed by atoms with Crippen LogP contribution in [-0.4, -0.2) is 18.4 Å². The number of aromatic nitrogens is 2. The minimum atomic E-state index is -4.89. The molecule has 0 aliphatic carbocycles. The number of hydrogen-bond donors (Lipinski definition) is 1. The van der Waals surface area contributed by atoms with Gasteiger partial charge >= 0.3 is 6.18 Å². The van der Waals surface area contributed by atoms with Crippen molar-refractivity contribution in [3.63, 3.8) is 0 Å². The van der Waals surface area contributed by atoms with E-state index in [0.29, 0.717) is 17.5 Å². The minimum Gasteiger partial charge on any atom is -0.276 e. The number of anilines is 1. The Morgan fingerprint density at radius 1 is 0.963 bits per heavy atom. The molecule has 1 heterocycles. The summed E-state index contributed by atoms with van der Waals surface area (Å²) in [6.07, 6.45) is -2.53. The van der Waals surface area contributed by atoms with Crippen LogP contribution in [0.15, 0.2) is 65.8 Å². The van der Waals surface area contributed by atoms with Crippen LogP contribution in [0.25, 0.3) is 11.4 Å². The number of rotatable bonds is 4. The van der Waals surface area contributed by atoms with Crippen molar-refractivity contribution in [3.8, 4) is 11.4 Å². The number of alkyl halides is 3. The zero-order chi connectivity index (χ0) is 19.7. The van der Waals surface area contributed by atoms with Gasteiger partial charge in [0.15, 0.2) is 5.82 Å². The van der Waals surface area contributed by atoms with E-state index in [1.54, 1.807) is 24.3 Å². The van der Waals surface area contributed by atoms with Crippen LogP contribution < -0.4 is 4.72 Å². The van der Waals surface area contributed by atoms with Gasteiger partial charge in [-0.05, 0) is 18.2 Å². The molecule has 0 unspecified atom stereocenters. The summed E-state index contributed by atoms with van der Waals surface area (Å²) in [6, 6.07) is 11.3. The van der Waals surface area contributed by atoms with E-state index in [4.69, 9.17) is 11.6 Å². The van der Waals surface area contributed by atoms with E-state index in [2.05, 4.69) is 9.97 Å². The summed E-state index contributed by atoms with van der Waals surface area (Å²) in [6.45, 7) is 0. The Labute approximate surface area is 157 Å². The highest BCUT2D eigenvalue weighted by Gasteiger charge is 2.37. The van der Waals surface area contributed by atoms with Crippen molar-refractivity contribution in [2.24, 2.45) is 0 Å². The van der Waals surface area contributed by atoms with Gasteiger partial charge in [0, 0.05) is 10.6 Å². The van der Waals surface area contributed by atoms with Crippen LogP contribution >= 0.6 is 11.6 Å². The Morgan fingerprint density at radius 2 is 1.59 bits per heavy atom. The third kappa shape index (κ3) is 4.37. The quantitative estimate of drug-likeness (QED) is 0.677. The highest BCUT2D eigenvalue weighted by molar-refractivity contribution is 7.92. The molecule has 0 aliphatic heterocycles. The molecule has 0 amide bonds. The second-order valence-electron chi connectivity index (χ2n) is 5.41. The molecule has 3 aromatic rings. The molecule has 3 rings (SSSR count). The summed E-state index contributed by atoms with van der Waals surface area (Å²) in [5.74, 6) is 0.348. The molecule has 27 heavy (non-hydrogen) atoms. The molecule has 5 nitrogen and oxygen atoms in total. The lowest BCUT2D eigenvalue weighted by atomic mass is 10.2. The molecule has 0 fully saturated rings. The van der Waals surface area contributed by atoms with Crippen LogP contribution in [0.2, 0.25) is 5.02 Å². The van der Waals surface area contributed by atoms with Crippen molar-refractivity contribution in [2.45, 2.75) is 11.1 Å². The molecule has 2 aromatic carbocycles. The molecule has 1 N–H and O–H groups in total. The minimum absolute atomic E-state index is 0.0715. The summed E-state index contributed by atoms with van der Waals surface area (Å²) in [5, 5.41) is -0.225. The van der Waals surface area contributed by atoms with Crippen LogP contribution in [0.3, 0.4) is 0 Å². The highest BCUT2D eigenvalue weighted by Crippen LogP contribution is 2.36. The predicted molar refractivity (Wildman–Crippen MR) is 94.7 cm³/mol. The van der Waals surface area contributed by atoms with Gasteiger partial charge in [-0.15, -0.1) is 0 Å². The van der Waals surface area contributed by atoms with E-state index < -0.39 is 26.7 Å². The summed E-state index contributed by atoms with van der Waals surface area (Å²) >= 11 is 5.57. The van der Waals surface area contributed by atoms with Crippen LogP contribution in [0.4, 0.5) is 18.9 Å². The number of benzene rings is 2. The van der Waals surface area contributed by atoms with Gasteiger partial charge in [-0.3, -0.25) is 4.72 Å². The fraction of sp³-hybridized carbons (Fsp3) is 0.0588. The van der Waals surface area contributed by atoms with Crippen molar-refractivity contribution >= 4 is 27.3 Å². The van der Waals surface area contributed by atoms with Gasteiger partial charge in [0.05, 0.1) is 28.5 Å². The topological polar surface area (TPSA) is 72.0 Å². The van der Waals surface area contributed by atoms with Gasteiger partial charge in [0.1, 0.15) is 0 Å². The number of nitrogens with zero attached hydrogens (tertiary/aromatic N) is 2. The Morgan fingerprint density at radius 3 is 2.19 bits per heavy atom. The molecule has 0 aliphatic rings. The number of nitrogens with one attached hydrogen (secondary N) is 1. The summed E-state index contributed by atoms with van der Waals surface area (Å²) in [7, 11) is -4.53. The lowest BCUT2D eigenvalue weighted by Crippen LogP contribution is -2.19. The van der Waals surface area contributed by atoms with E-state index in [-0.39, 0.29) is 10.7 Å². The molecule has 10 heteroatoms. The van der Waals surface area contributed by atoms with E-state index in [9.17, 15) is 21.6 Å². The number of sulfonamides is 1. The Kier molecular flexibility index (Phi) is 5.07.